The van der Waals surface area contributed by atoms with Crippen molar-refractivity contribution in [3.63, 3.8) is 0 Å². The van der Waals surface area contributed by atoms with E-state index in [2.05, 4.69) is 15.9 Å². The standard InChI is InChI=1S/C8H8BrFS/c1-11-5-6-2-3-7(9)4-8(6)10/h2-4H,5H2,1H3. The van der Waals surface area contributed by atoms with Crippen molar-refractivity contribution in [3.8, 4) is 0 Å². The average molecular weight is 235 g/mol. The van der Waals surface area contributed by atoms with Gasteiger partial charge in [-0.25, -0.2) is 4.39 Å². The third-order valence-corrected chi connectivity index (χ3v) is 2.41. The molecule has 0 amide bonds. The van der Waals surface area contributed by atoms with Gasteiger partial charge >= 0.3 is 0 Å². The van der Waals surface area contributed by atoms with E-state index in [0.717, 1.165) is 15.8 Å². The van der Waals surface area contributed by atoms with Crippen LogP contribution in [0.15, 0.2) is 22.7 Å². The van der Waals surface area contributed by atoms with Crippen LogP contribution in [0.2, 0.25) is 0 Å². The van der Waals surface area contributed by atoms with Crippen LogP contribution in [0, 0.1) is 5.82 Å². The monoisotopic (exact) mass is 234 g/mol. The zero-order valence-electron chi connectivity index (χ0n) is 6.10. The van der Waals surface area contributed by atoms with E-state index in [1.165, 1.54) is 6.07 Å². The Morgan fingerprint density at radius 2 is 2.27 bits per heavy atom. The van der Waals surface area contributed by atoms with Crippen LogP contribution in [0.25, 0.3) is 0 Å². The molecule has 11 heavy (non-hydrogen) atoms. The van der Waals surface area contributed by atoms with Gasteiger partial charge in [-0.1, -0.05) is 22.0 Å². The lowest BCUT2D eigenvalue weighted by Crippen LogP contribution is -1.85. The summed E-state index contributed by atoms with van der Waals surface area (Å²) in [6, 6.07) is 5.15. The molecule has 0 saturated carbocycles. The van der Waals surface area contributed by atoms with Gasteiger partial charge in [0, 0.05) is 10.2 Å². The van der Waals surface area contributed by atoms with Crippen LogP contribution in [0.1, 0.15) is 5.56 Å². The van der Waals surface area contributed by atoms with Crippen molar-refractivity contribution in [1.29, 1.82) is 0 Å². The van der Waals surface area contributed by atoms with E-state index >= 15 is 0 Å². The zero-order valence-corrected chi connectivity index (χ0v) is 8.51. The minimum atomic E-state index is -0.131. The van der Waals surface area contributed by atoms with Crippen molar-refractivity contribution in [2.75, 3.05) is 6.26 Å². The molecule has 0 aliphatic carbocycles. The Bertz CT molecular complexity index is 250. The summed E-state index contributed by atoms with van der Waals surface area (Å²) < 4.78 is 13.8. The summed E-state index contributed by atoms with van der Waals surface area (Å²) in [6.07, 6.45) is 1.96. The first kappa shape index (κ1) is 9.07. The highest BCUT2D eigenvalue weighted by Gasteiger charge is 2.00. The van der Waals surface area contributed by atoms with Crippen molar-refractivity contribution < 1.29 is 4.39 Å². The third-order valence-electron chi connectivity index (χ3n) is 1.31. The van der Waals surface area contributed by atoms with Gasteiger partial charge in [0.05, 0.1) is 0 Å². The molecule has 0 fully saturated rings. The van der Waals surface area contributed by atoms with Gasteiger partial charge in [0.15, 0.2) is 0 Å². The third kappa shape index (κ3) is 2.49. The van der Waals surface area contributed by atoms with Crippen LogP contribution in [-0.2, 0) is 5.75 Å². The second-order valence-corrected chi connectivity index (χ2v) is 3.95. The Kier molecular flexibility index (Phi) is 3.40. The number of benzene rings is 1. The minimum Gasteiger partial charge on any atom is -0.207 e. The van der Waals surface area contributed by atoms with Gasteiger partial charge in [0.1, 0.15) is 5.82 Å². The molecule has 0 spiro atoms. The lowest BCUT2D eigenvalue weighted by Gasteiger charge is -1.99. The molecule has 60 valence electrons. The number of halogens is 2. The maximum Gasteiger partial charge on any atom is 0.128 e. The first-order valence-corrected chi connectivity index (χ1v) is 5.35. The highest BCUT2D eigenvalue weighted by atomic mass is 79.9. The molecule has 0 unspecified atom stereocenters. The Labute approximate surface area is 78.3 Å². The highest BCUT2D eigenvalue weighted by Crippen LogP contribution is 2.18. The molecule has 0 N–H and O–H groups in total. The molecule has 3 heteroatoms. The van der Waals surface area contributed by atoms with Crippen molar-refractivity contribution in [3.05, 3.63) is 34.1 Å². The van der Waals surface area contributed by atoms with Crippen molar-refractivity contribution in [2.24, 2.45) is 0 Å². The van der Waals surface area contributed by atoms with Crippen molar-refractivity contribution >= 4 is 27.7 Å². The quantitative estimate of drug-likeness (QED) is 0.756. The largest absolute Gasteiger partial charge is 0.207 e. The summed E-state index contributed by atoms with van der Waals surface area (Å²) in [7, 11) is 0. The Morgan fingerprint density at radius 1 is 1.55 bits per heavy atom. The fourth-order valence-corrected chi connectivity index (χ4v) is 1.67. The molecule has 1 aromatic carbocycles. The van der Waals surface area contributed by atoms with E-state index in [4.69, 9.17) is 0 Å². The van der Waals surface area contributed by atoms with Crippen molar-refractivity contribution in [2.45, 2.75) is 5.75 Å². The molecule has 0 bridgehead atoms. The van der Waals surface area contributed by atoms with E-state index in [9.17, 15) is 4.39 Å². The summed E-state index contributed by atoms with van der Waals surface area (Å²) in [6.45, 7) is 0. The number of hydrogen-bond donors (Lipinski definition) is 0. The van der Waals surface area contributed by atoms with Crippen molar-refractivity contribution in [1.82, 2.24) is 0 Å². The minimum absolute atomic E-state index is 0.131. The van der Waals surface area contributed by atoms with E-state index in [-0.39, 0.29) is 5.82 Å². The van der Waals surface area contributed by atoms with E-state index in [0.29, 0.717) is 0 Å². The maximum atomic E-state index is 13.0. The van der Waals surface area contributed by atoms with Crippen LogP contribution in [0.3, 0.4) is 0 Å². The molecule has 0 aromatic heterocycles. The molecule has 1 aromatic rings. The molecular weight excluding hydrogens is 227 g/mol. The topological polar surface area (TPSA) is 0 Å². The summed E-state index contributed by atoms with van der Waals surface area (Å²) in [5.74, 6) is 0.604. The van der Waals surface area contributed by atoms with Gasteiger partial charge in [0.2, 0.25) is 0 Å². The summed E-state index contributed by atoms with van der Waals surface area (Å²) in [4.78, 5) is 0. The SMILES string of the molecule is CSCc1ccc(Br)cc1F. The molecule has 1 rings (SSSR count). The predicted octanol–water partition coefficient (Wildman–Crippen LogP) is 3.45. The molecular formula is C8H8BrFS. The fourth-order valence-electron chi connectivity index (χ4n) is 0.794. The summed E-state index contributed by atoms with van der Waals surface area (Å²) in [5.41, 5.74) is 0.765. The Morgan fingerprint density at radius 3 is 2.82 bits per heavy atom. The first-order valence-electron chi connectivity index (χ1n) is 3.17. The van der Waals surface area contributed by atoms with Crippen LogP contribution in [-0.4, -0.2) is 6.26 Å². The predicted molar refractivity (Wildman–Crippen MR) is 51.3 cm³/mol. The van der Waals surface area contributed by atoms with Crippen LogP contribution >= 0.6 is 27.7 Å². The highest BCUT2D eigenvalue weighted by molar-refractivity contribution is 9.10. The molecule has 0 aliphatic heterocycles. The number of hydrogen-bond acceptors (Lipinski definition) is 1. The Hall–Kier alpha value is -0.0200. The van der Waals surface area contributed by atoms with Crippen LogP contribution in [0.5, 0.6) is 0 Å². The molecule has 0 radical (unpaired) electrons. The molecule has 0 saturated heterocycles. The van der Waals surface area contributed by atoms with Gasteiger partial charge in [0.25, 0.3) is 0 Å². The normalized spacial score (nSPS) is 10.1. The molecule has 0 heterocycles. The molecule has 0 aliphatic rings. The van der Waals surface area contributed by atoms with E-state index in [1.54, 1.807) is 17.8 Å². The molecule has 0 nitrogen and oxygen atoms in total. The fraction of sp³-hybridized carbons (Fsp3) is 0.250. The lowest BCUT2D eigenvalue weighted by atomic mass is 10.2. The average Bonchev–Trinajstić information content (AvgIpc) is 1.95. The number of thioether (sulfide) groups is 1. The number of rotatable bonds is 2. The van der Waals surface area contributed by atoms with Gasteiger partial charge in [-0.15, -0.1) is 0 Å². The van der Waals surface area contributed by atoms with E-state index < -0.39 is 0 Å². The zero-order chi connectivity index (χ0) is 8.27. The smallest absolute Gasteiger partial charge is 0.128 e. The van der Waals surface area contributed by atoms with Gasteiger partial charge in [-0.05, 0) is 24.0 Å². The van der Waals surface area contributed by atoms with Gasteiger partial charge in [-0.3, -0.25) is 0 Å². The van der Waals surface area contributed by atoms with Crippen LogP contribution < -0.4 is 0 Å². The lowest BCUT2D eigenvalue weighted by molar-refractivity contribution is 0.616. The first-order chi connectivity index (χ1) is 5.24. The second-order valence-electron chi connectivity index (χ2n) is 2.17. The Balaban J connectivity index is 2.90. The van der Waals surface area contributed by atoms with E-state index in [1.807, 2.05) is 12.3 Å². The maximum absolute atomic E-state index is 13.0. The second kappa shape index (κ2) is 4.12. The summed E-state index contributed by atoms with van der Waals surface area (Å²) >= 11 is 4.82. The van der Waals surface area contributed by atoms with Crippen LogP contribution in [0.4, 0.5) is 4.39 Å². The van der Waals surface area contributed by atoms with Gasteiger partial charge < -0.3 is 0 Å². The molecule has 0 atom stereocenters. The van der Waals surface area contributed by atoms with Gasteiger partial charge in [-0.2, -0.15) is 11.8 Å². The summed E-state index contributed by atoms with van der Waals surface area (Å²) in [5, 5.41) is 0.